The molecule has 6 aromatic carbocycles. The molecule has 48 heavy (non-hydrogen) atoms. The first-order valence-corrected chi connectivity index (χ1v) is 16.8. The number of fused-ring (bicyclic) bond motifs is 6. The van der Waals surface area contributed by atoms with Gasteiger partial charge < -0.3 is 4.57 Å². The fourth-order valence-electron chi connectivity index (χ4n) is 8.16. The summed E-state index contributed by atoms with van der Waals surface area (Å²) in [5, 5.41) is 2.70. The molecule has 0 fully saturated rings. The van der Waals surface area contributed by atoms with Crippen molar-refractivity contribution in [2.45, 2.75) is 19.3 Å². The van der Waals surface area contributed by atoms with E-state index in [4.69, 9.17) is 23.2 Å². The molecule has 8 aromatic rings. The Morgan fingerprint density at radius 3 is 2.04 bits per heavy atom. The van der Waals surface area contributed by atoms with Crippen LogP contribution in [-0.2, 0) is 5.41 Å². The van der Waals surface area contributed by atoms with E-state index in [2.05, 4.69) is 143 Å². The Bertz CT molecular complexity index is 2650. The lowest BCUT2D eigenvalue weighted by atomic mass is 9.81. The average molecular weight is 658 g/mol. The Morgan fingerprint density at radius 1 is 0.542 bits per heavy atom. The number of hydrogen-bond donors (Lipinski definition) is 0. The summed E-state index contributed by atoms with van der Waals surface area (Å²) >= 11 is 12.1. The van der Waals surface area contributed by atoms with Gasteiger partial charge in [0, 0.05) is 32.9 Å². The van der Waals surface area contributed by atoms with Crippen LogP contribution in [0.3, 0.4) is 0 Å². The van der Waals surface area contributed by atoms with Crippen molar-refractivity contribution in [2.75, 3.05) is 0 Å². The minimum absolute atomic E-state index is 0.0742. The zero-order chi connectivity index (χ0) is 32.3. The van der Waals surface area contributed by atoms with E-state index in [1.165, 1.54) is 72.0 Å². The Morgan fingerprint density at radius 2 is 1.21 bits per heavy atom. The van der Waals surface area contributed by atoms with Crippen LogP contribution in [0.25, 0.3) is 83.4 Å². The first kappa shape index (κ1) is 27.8. The van der Waals surface area contributed by atoms with Crippen LogP contribution in [0.1, 0.15) is 25.0 Å². The van der Waals surface area contributed by atoms with Crippen molar-refractivity contribution in [1.82, 2.24) is 19.5 Å². The fraction of sp³-hybridized carbons (Fsp3) is 0.0714. The van der Waals surface area contributed by atoms with Crippen molar-refractivity contribution in [2.24, 2.45) is 0 Å². The normalized spacial score (nSPS) is 13.6. The van der Waals surface area contributed by atoms with Crippen LogP contribution in [-0.4, -0.2) is 19.5 Å². The van der Waals surface area contributed by atoms with E-state index in [-0.39, 0.29) is 16.0 Å². The lowest BCUT2D eigenvalue weighted by Crippen LogP contribution is -2.15. The molecule has 1 aliphatic carbocycles. The predicted molar refractivity (Wildman–Crippen MR) is 197 cm³/mol. The van der Waals surface area contributed by atoms with Crippen LogP contribution >= 0.6 is 23.2 Å². The third-order valence-electron chi connectivity index (χ3n) is 10.3. The molecule has 228 valence electrons. The highest BCUT2D eigenvalue weighted by atomic mass is 35.5. The molecule has 0 unspecified atom stereocenters. The number of aromatic nitrogens is 4. The minimum atomic E-state index is -0.0861. The molecule has 0 radical (unpaired) electrons. The molecule has 0 saturated heterocycles. The zero-order valence-corrected chi connectivity index (χ0v) is 27.6. The van der Waals surface area contributed by atoms with E-state index in [9.17, 15) is 0 Å². The van der Waals surface area contributed by atoms with Gasteiger partial charge >= 0.3 is 0 Å². The maximum absolute atomic E-state index is 6.03. The largest absolute Gasteiger partial charge is 0.308 e. The van der Waals surface area contributed by atoms with E-state index >= 15 is 0 Å². The second-order valence-corrected chi connectivity index (χ2v) is 13.8. The van der Waals surface area contributed by atoms with Gasteiger partial charge in [0.1, 0.15) is 0 Å². The van der Waals surface area contributed by atoms with Gasteiger partial charge in [-0.3, -0.25) is 0 Å². The summed E-state index contributed by atoms with van der Waals surface area (Å²) in [6.45, 7) is 4.73. The summed E-state index contributed by atoms with van der Waals surface area (Å²) < 4.78 is 2.52. The Kier molecular flexibility index (Phi) is 5.71. The standard InChI is InChI=1S/C42H26Cl2N4/c1-42(2)31-13-6-12-29-28-10-3-4-14-33(28)48-34-15-7-11-27(35(34)30-20-21-32(42)37(36(29)31)38(30)48)26-9-5-8-25(22-26)23-16-18-24(19-17-23)39-45-40(43)47-41(44)46-39/h3-22H,1-2H3. The maximum Gasteiger partial charge on any atom is 0.227 e. The summed E-state index contributed by atoms with van der Waals surface area (Å²) in [7, 11) is 0. The molecule has 0 saturated carbocycles. The number of para-hydroxylation sites is 1. The third kappa shape index (κ3) is 3.76. The maximum atomic E-state index is 6.03. The van der Waals surface area contributed by atoms with E-state index < -0.39 is 0 Å². The molecular weight excluding hydrogens is 631 g/mol. The Balaban J connectivity index is 1.19. The van der Waals surface area contributed by atoms with Gasteiger partial charge in [0.05, 0.1) is 16.7 Å². The van der Waals surface area contributed by atoms with Gasteiger partial charge in [-0.2, -0.15) is 15.0 Å². The van der Waals surface area contributed by atoms with Crippen LogP contribution in [0.15, 0.2) is 121 Å². The molecule has 3 heterocycles. The summed E-state index contributed by atoms with van der Waals surface area (Å²) in [6.07, 6.45) is 0. The fourth-order valence-corrected chi connectivity index (χ4v) is 8.52. The number of nitrogens with zero attached hydrogens (tertiary/aromatic N) is 4. The van der Waals surface area contributed by atoms with Gasteiger partial charge in [0.2, 0.25) is 10.6 Å². The highest BCUT2D eigenvalue weighted by Crippen LogP contribution is 2.58. The lowest BCUT2D eigenvalue weighted by molar-refractivity contribution is 0.661. The van der Waals surface area contributed by atoms with Crippen LogP contribution in [0, 0.1) is 0 Å². The molecule has 2 aromatic heterocycles. The third-order valence-corrected chi connectivity index (χ3v) is 10.6. The van der Waals surface area contributed by atoms with Crippen molar-refractivity contribution < 1.29 is 0 Å². The second-order valence-electron chi connectivity index (χ2n) is 13.1. The SMILES string of the molecule is CC1(C)c2cccc3c2-c2c1ccc1c4c(-c5cccc(-c6ccc(-c7nc(Cl)nc(Cl)n7)cc6)c5)cccc4n(c21)-c1ccccc1-3. The molecule has 2 aliphatic rings. The van der Waals surface area contributed by atoms with Gasteiger partial charge in [-0.05, 0) is 85.9 Å². The summed E-state index contributed by atoms with van der Waals surface area (Å²) in [4.78, 5) is 12.3. The summed E-state index contributed by atoms with van der Waals surface area (Å²) in [5.74, 6) is 0.447. The number of halogens is 2. The van der Waals surface area contributed by atoms with Gasteiger partial charge in [0.25, 0.3) is 0 Å². The minimum Gasteiger partial charge on any atom is -0.308 e. The zero-order valence-electron chi connectivity index (χ0n) is 26.1. The summed E-state index contributed by atoms with van der Waals surface area (Å²) in [5.41, 5.74) is 17.2. The quantitative estimate of drug-likeness (QED) is 0.190. The van der Waals surface area contributed by atoms with Crippen molar-refractivity contribution in [1.29, 1.82) is 0 Å². The molecule has 4 nitrogen and oxygen atoms in total. The first-order valence-electron chi connectivity index (χ1n) is 16.0. The van der Waals surface area contributed by atoms with Crippen LogP contribution in [0.5, 0.6) is 0 Å². The van der Waals surface area contributed by atoms with Gasteiger partial charge in [-0.1, -0.05) is 117 Å². The van der Waals surface area contributed by atoms with Crippen LogP contribution in [0.2, 0.25) is 10.6 Å². The number of rotatable bonds is 3. The molecular formula is C42H26Cl2N4. The molecule has 0 spiro atoms. The van der Waals surface area contributed by atoms with Crippen LogP contribution < -0.4 is 0 Å². The molecule has 0 bridgehead atoms. The summed E-state index contributed by atoms with van der Waals surface area (Å²) in [6, 6.07) is 44.1. The van der Waals surface area contributed by atoms with E-state index in [1.807, 2.05) is 12.1 Å². The molecule has 10 rings (SSSR count). The molecule has 6 heteroatoms. The van der Waals surface area contributed by atoms with Crippen molar-refractivity contribution in [3.05, 3.63) is 143 Å². The Labute approximate surface area is 287 Å². The van der Waals surface area contributed by atoms with Gasteiger partial charge in [-0.25, -0.2) is 0 Å². The van der Waals surface area contributed by atoms with Crippen molar-refractivity contribution in [3.8, 4) is 61.6 Å². The Hall–Kier alpha value is -5.29. The lowest BCUT2D eigenvalue weighted by Gasteiger charge is -2.22. The predicted octanol–water partition coefficient (Wildman–Crippen LogP) is 11.6. The van der Waals surface area contributed by atoms with Crippen LogP contribution in [0.4, 0.5) is 0 Å². The van der Waals surface area contributed by atoms with Crippen molar-refractivity contribution in [3.63, 3.8) is 0 Å². The van der Waals surface area contributed by atoms with Gasteiger partial charge in [-0.15, -0.1) is 0 Å². The van der Waals surface area contributed by atoms with E-state index in [0.29, 0.717) is 5.82 Å². The smallest absolute Gasteiger partial charge is 0.227 e. The number of benzene rings is 6. The molecule has 0 N–H and O–H groups in total. The highest BCUT2D eigenvalue weighted by molar-refractivity contribution is 6.31. The average Bonchev–Trinajstić information content (AvgIpc) is 3.51. The molecule has 0 amide bonds. The van der Waals surface area contributed by atoms with E-state index in [1.54, 1.807) is 0 Å². The molecule has 0 atom stereocenters. The first-order chi connectivity index (χ1) is 23.4. The second kappa shape index (κ2) is 9.86. The number of hydrogen-bond acceptors (Lipinski definition) is 3. The van der Waals surface area contributed by atoms with Gasteiger partial charge in [0.15, 0.2) is 5.82 Å². The topological polar surface area (TPSA) is 43.6 Å². The highest BCUT2D eigenvalue weighted by Gasteiger charge is 2.40. The van der Waals surface area contributed by atoms with E-state index in [0.717, 1.165) is 16.7 Å². The molecule has 1 aliphatic heterocycles. The van der Waals surface area contributed by atoms with Crippen molar-refractivity contribution >= 4 is 45.0 Å². The monoisotopic (exact) mass is 656 g/mol.